The van der Waals surface area contributed by atoms with Gasteiger partial charge in [0, 0.05) is 12.1 Å². The first-order valence-corrected chi connectivity index (χ1v) is 5.34. The summed E-state index contributed by atoms with van der Waals surface area (Å²) >= 11 is 0. The van der Waals surface area contributed by atoms with E-state index in [1.54, 1.807) is 0 Å². The van der Waals surface area contributed by atoms with E-state index in [1.165, 1.54) is 18.6 Å². The predicted molar refractivity (Wildman–Crippen MR) is 55.5 cm³/mol. The van der Waals surface area contributed by atoms with Crippen LogP contribution in [0.2, 0.25) is 0 Å². The van der Waals surface area contributed by atoms with E-state index in [9.17, 15) is 8.78 Å². The second kappa shape index (κ2) is 4.27. The van der Waals surface area contributed by atoms with Crippen molar-refractivity contribution >= 4 is 0 Å². The molecule has 0 radical (unpaired) electrons. The lowest BCUT2D eigenvalue weighted by molar-refractivity contribution is 0.238. The quantitative estimate of drug-likeness (QED) is 0.810. The fourth-order valence-corrected chi connectivity index (χ4v) is 2.20. The Bertz CT molecular complexity index is 327. The first kappa shape index (κ1) is 10.6. The minimum atomic E-state index is -0.496. The summed E-state index contributed by atoms with van der Waals surface area (Å²) in [6.45, 7) is 0. The van der Waals surface area contributed by atoms with Crippen molar-refractivity contribution in [3.05, 3.63) is 35.4 Å². The minimum Gasteiger partial charge on any atom is -0.313 e. The third-order valence-electron chi connectivity index (χ3n) is 3.18. The molecule has 2 rings (SSSR count). The van der Waals surface area contributed by atoms with Gasteiger partial charge in [0.1, 0.15) is 11.6 Å². The normalized spacial score (nSPS) is 18.6. The molecule has 0 spiro atoms. The SMILES string of the molecule is CNC(c1cc(F)cc(F)c1)C1CCC1. The first-order valence-electron chi connectivity index (χ1n) is 5.34. The van der Waals surface area contributed by atoms with Crippen LogP contribution in [0.15, 0.2) is 18.2 Å². The molecule has 1 saturated carbocycles. The molecule has 1 fully saturated rings. The van der Waals surface area contributed by atoms with Crippen molar-refractivity contribution in [1.82, 2.24) is 5.32 Å². The second-order valence-electron chi connectivity index (χ2n) is 4.16. The highest BCUT2D eigenvalue weighted by Crippen LogP contribution is 2.37. The molecule has 0 saturated heterocycles. The van der Waals surface area contributed by atoms with Crippen molar-refractivity contribution in [3.8, 4) is 0 Å². The molecule has 1 N–H and O–H groups in total. The van der Waals surface area contributed by atoms with Gasteiger partial charge in [0.2, 0.25) is 0 Å². The summed E-state index contributed by atoms with van der Waals surface area (Å²) in [5, 5.41) is 3.14. The van der Waals surface area contributed by atoms with Crippen LogP contribution in [0.3, 0.4) is 0 Å². The summed E-state index contributed by atoms with van der Waals surface area (Å²) in [6, 6.07) is 3.84. The zero-order valence-corrected chi connectivity index (χ0v) is 8.76. The summed E-state index contributed by atoms with van der Waals surface area (Å²) in [6.07, 6.45) is 3.51. The molecule has 1 unspecified atom stereocenters. The zero-order chi connectivity index (χ0) is 10.8. The van der Waals surface area contributed by atoms with E-state index >= 15 is 0 Å². The Morgan fingerprint density at radius 1 is 1.20 bits per heavy atom. The standard InChI is InChI=1S/C12H15F2N/c1-15-12(8-3-2-4-8)9-5-10(13)7-11(14)6-9/h5-8,12,15H,2-4H2,1H3. The van der Waals surface area contributed by atoms with Gasteiger partial charge in [-0.3, -0.25) is 0 Å². The second-order valence-corrected chi connectivity index (χ2v) is 4.16. The number of rotatable bonds is 3. The number of hydrogen-bond donors (Lipinski definition) is 1. The van der Waals surface area contributed by atoms with Gasteiger partial charge in [-0.05, 0) is 43.5 Å². The highest BCUT2D eigenvalue weighted by atomic mass is 19.1. The molecule has 0 heterocycles. The molecule has 1 aliphatic rings. The van der Waals surface area contributed by atoms with Crippen LogP contribution in [0.25, 0.3) is 0 Å². The molecule has 1 aromatic rings. The Kier molecular flexibility index (Phi) is 3.00. The van der Waals surface area contributed by atoms with Crippen LogP contribution in [0, 0.1) is 17.6 Å². The largest absolute Gasteiger partial charge is 0.313 e. The fourth-order valence-electron chi connectivity index (χ4n) is 2.20. The smallest absolute Gasteiger partial charge is 0.126 e. The molecular formula is C12H15F2N. The van der Waals surface area contributed by atoms with Crippen LogP contribution in [-0.2, 0) is 0 Å². The number of nitrogens with one attached hydrogen (secondary N) is 1. The van der Waals surface area contributed by atoms with Crippen LogP contribution in [0.4, 0.5) is 8.78 Å². The Labute approximate surface area is 88.5 Å². The fraction of sp³-hybridized carbons (Fsp3) is 0.500. The molecule has 1 atom stereocenters. The van der Waals surface area contributed by atoms with E-state index in [4.69, 9.17) is 0 Å². The molecule has 0 aromatic heterocycles. The lowest BCUT2D eigenvalue weighted by Crippen LogP contribution is -2.29. The van der Waals surface area contributed by atoms with Crippen LogP contribution in [0.1, 0.15) is 30.9 Å². The van der Waals surface area contributed by atoms with Crippen molar-refractivity contribution in [2.45, 2.75) is 25.3 Å². The predicted octanol–water partition coefficient (Wildman–Crippen LogP) is 3.03. The molecular weight excluding hydrogens is 196 g/mol. The van der Waals surface area contributed by atoms with Crippen LogP contribution in [-0.4, -0.2) is 7.05 Å². The monoisotopic (exact) mass is 211 g/mol. The van der Waals surface area contributed by atoms with E-state index in [-0.39, 0.29) is 6.04 Å². The molecule has 0 amide bonds. The zero-order valence-electron chi connectivity index (χ0n) is 8.76. The van der Waals surface area contributed by atoms with E-state index in [0.717, 1.165) is 24.5 Å². The van der Waals surface area contributed by atoms with E-state index in [1.807, 2.05) is 7.05 Å². The molecule has 15 heavy (non-hydrogen) atoms. The number of benzene rings is 1. The first-order chi connectivity index (χ1) is 7.20. The lowest BCUT2D eigenvalue weighted by Gasteiger charge is -2.33. The van der Waals surface area contributed by atoms with Crippen molar-refractivity contribution in [3.63, 3.8) is 0 Å². The lowest BCUT2D eigenvalue weighted by atomic mass is 9.77. The van der Waals surface area contributed by atoms with Gasteiger partial charge in [-0.2, -0.15) is 0 Å². The Morgan fingerprint density at radius 2 is 1.80 bits per heavy atom. The number of hydrogen-bond acceptors (Lipinski definition) is 1. The highest BCUT2D eigenvalue weighted by molar-refractivity contribution is 5.22. The van der Waals surface area contributed by atoms with Gasteiger partial charge in [-0.25, -0.2) is 8.78 Å². The molecule has 3 heteroatoms. The molecule has 0 bridgehead atoms. The third-order valence-corrected chi connectivity index (χ3v) is 3.18. The Balaban J connectivity index is 2.24. The average molecular weight is 211 g/mol. The minimum absolute atomic E-state index is 0.0870. The van der Waals surface area contributed by atoms with Gasteiger partial charge < -0.3 is 5.32 Å². The summed E-state index contributed by atoms with van der Waals surface area (Å²) in [5.74, 6) is -0.467. The van der Waals surface area contributed by atoms with Gasteiger partial charge in [0.15, 0.2) is 0 Å². The highest BCUT2D eigenvalue weighted by Gasteiger charge is 2.27. The van der Waals surface area contributed by atoms with Crippen molar-refractivity contribution in [2.75, 3.05) is 7.05 Å². The molecule has 1 aromatic carbocycles. The summed E-state index contributed by atoms with van der Waals surface area (Å²) < 4.78 is 26.1. The van der Waals surface area contributed by atoms with E-state index in [0.29, 0.717) is 5.92 Å². The molecule has 1 aliphatic carbocycles. The average Bonchev–Trinajstić information content (AvgIpc) is 2.08. The maximum absolute atomic E-state index is 13.0. The van der Waals surface area contributed by atoms with Crippen LogP contribution in [0.5, 0.6) is 0 Å². The summed E-state index contributed by atoms with van der Waals surface area (Å²) in [7, 11) is 1.84. The van der Waals surface area contributed by atoms with Gasteiger partial charge in [0.25, 0.3) is 0 Å². The maximum Gasteiger partial charge on any atom is 0.126 e. The number of halogens is 2. The Morgan fingerprint density at radius 3 is 2.20 bits per heavy atom. The molecule has 1 nitrogen and oxygen atoms in total. The Hall–Kier alpha value is -0.960. The topological polar surface area (TPSA) is 12.0 Å². The summed E-state index contributed by atoms with van der Waals surface area (Å²) in [5.41, 5.74) is 0.722. The van der Waals surface area contributed by atoms with Gasteiger partial charge in [-0.1, -0.05) is 6.42 Å². The van der Waals surface area contributed by atoms with Gasteiger partial charge in [-0.15, -0.1) is 0 Å². The maximum atomic E-state index is 13.0. The third kappa shape index (κ3) is 2.17. The summed E-state index contributed by atoms with van der Waals surface area (Å²) in [4.78, 5) is 0. The van der Waals surface area contributed by atoms with Gasteiger partial charge >= 0.3 is 0 Å². The van der Waals surface area contributed by atoms with Crippen molar-refractivity contribution < 1.29 is 8.78 Å². The van der Waals surface area contributed by atoms with Crippen LogP contribution < -0.4 is 5.32 Å². The van der Waals surface area contributed by atoms with E-state index in [2.05, 4.69) is 5.32 Å². The van der Waals surface area contributed by atoms with E-state index < -0.39 is 11.6 Å². The van der Waals surface area contributed by atoms with Crippen molar-refractivity contribution in [1.29, 1.82) is 0 Å². The van der Waals surface area contributed by atoms with Gasteiger partial charge in [0.05, 0.1) is 0 Å². The van der Waals surface area contributed by atoms with Crippen molar-refractivity contribution in [2.24, 2.45) is 5.92 Å². The molecule has 82 valence electrons. The molecule has 0 aliphatic heterocycles. The van der Waals surface area contributed by atoms with Crippen LogP contribution >= 0.6 is 0 Å².